The molecule has 102 valence electrons. The van der Waals surface area contributed by atoms with Crippen LogP contribution in [0.1, 0.15) is 47.0 Å². The summed E-state index contributed by atoms with van der Waals surface area (Å²) in [7, 11) is 0. The molecular weight excluding hydrogens is 224 g/mol. The smallest absolute Gasteiger partial charge is 0.330 e. The normalized spacial score (nSPS) is 12.9. The first kappa shape index (κ1) is 16.7. The molecule has 0 heterocycles. The van der Waals surface area contributed by atoms with Gasteiger partial charge >= 0.3 is 5.97 Å². The molecule has 0 N–H and O–H groups in total. The summed E-state index contributed by atoms with van der Waals surface area (Å²) in [5, 5.41) is 0. The van der Waals surface area contributed by atoms with Gasteiger partial charge in [-0.1, -0.05) is 36.8 Å². The first-order valence-corrected chi connectivity index (χ1v) is 6.65. The largest absolute Gasteiger partial charge is 0.463 e. The van der Waals surface area contributed by atoms with Crippen molar-refractivity contribution in [2.75, 3.05) is 6.61 Å². The topological polar surface area (TPSA) is 26.3 Å². The lowest BCUT2D eigenvalue weighted by atomic mass is 10.0. The maximum atomic E-state index is 11.3. The fourth-order valence-corrected chi connectivity index (χ4v) is 1.45. The van der Waals surface area contributed by atoms with Crippen molar-refractivity contribution in [2.45, 2.75) is 47.0 Å². The van der Waals surface area contributed by atoms with Gasteiger partial charge in [0.2, 0.25) is 0 Å². The number of carbonyl (C=O) groups excluding carboxylic acids is 1. The lowest BCUT2D eigenvalue weighted by Gasteiger charge is -2.09. The Morgan fingerprint density at radius 2 is 1.94 bits per heavy atom. The minimum absolute atomic E-state index is 0.260. The lowest BCUT2D eigenvalue weighted by Crippen LogP contribution is -2.06. The van der Waals surface area contributed by atoms with Crippen LogP contribution in [0.3, 0.4) is 0 Å². The van der Waals surface area contributed by atoms with Gasteiger partial charge in [0, 0.05) is 6.08 Å². The van der Waals surface area contributed by atoms with E-state index in [1.54, 1.807) is 6.08 Å². The molecule has 0 saturated heterocycles. The average molecular weight is 250 g/mol. The van der Waals surface area contributed by atoms with Gasteiger partial charge in [0.15, 0.2) is 0 Å². The molecule has 18 heavy (non-hydrogen) atoms. The zero-order valence-corrected chi connectivity index (χ0v) is 12.1. The Kier molecular flexibility index (Phi) is 10.0. The molecule has 0 rings (SSSR count). The van der Waals surface area contributed by atoms with Gasteiger partial charge in [-0.25, -0.2) is 4.79 Å². The third-order valence-electron chi connectivity index (χ3n) is 2.60. The van der Waals surface area contributed by atoms with Crippen LogP contribution in [-0.2, 0) is 9.53 Å². The highest BCUT2D eigenvalue weighted by atomic mass is 16.5. The van der Waals surface area contributed by atoms with E-state index < -0.39 is 0 Å². The molecule has 0 radical (unpaired) electrons. The van der Waals surface area contributed by atoms with Crippen molar-refractivity contribution in [3.05, 3.63) is 36.0 Å². The van der Waals surface area contributed by atoms with Crippen molar-refractivity contribution in [1.82, 2.24) is 0 Å². The lowest BCUT2D eigenvalue weighted by molar-refractivity contribution is -0.138. The monoisotopic (exact) mass is 250 g/mol. The van der Waals surface area contributed by atoms with Crippen LogP contribution in [0.2, 0.25) is 0 Å². The molecule has 0 aromatic heterocycles. The second-order valence-corrected chi connectivity index (χ2v) is 4.81. The van der Waals surface area contributed by atoms with Gasteiger partial charge in [0.25, 0.3) is 0 Å². The number of carbonyl (C=O) groups is 1. The summed E-state index contributed by atoms with van der Waals surface area (Å²) in [5.74, 6) is 0.331. The van der Waals surface area contributed by atoms with Gasteiger partial charge < -0.3 is 4.74 Å². The maximum Gasteiger partial charge on any atom is 0.330 e. The van der Waals surface area contributed by atoms with E-state index in [0.717, 1.165) is 19.3 Å². The van der Waals surface area contributed by atoms with E-state index in [1.165, 1.54) is 11.6 Å². The maximum absolute atomic E-state index is 11.3. The average Bonchev–Trinajstić information content (AvgIpc) is 2.29. The van der Waals surface area contributed by atoms with E-state index in [4.69, 9.17) is 4.74 Å². The molecule has 0 saturated carbocycles. The number of allylic oxidation sites excluding steroid dienone is 5. The van der Waals surface area contributed by atoms with E-state index >= 15 is 0 Å². The molecule has 0 aromatic carbocycles. The highest BCUT2D eigenvalue weighted by Crippen LogP contribution is 2.11. The fourth-order valence-electron chi connectivity index (χ4n) is 1.45. The molecule has 0 aromatic rings. The van der Waals surface area contributed by atoms with Gasteiger partial charge in [-0.3, -0.25) is 0 Å². The Hall–Kier alpha value is -1.31. The van der Waals surface area contributed by atoms with Gasteiger partial charge in [0.05, 0.1) is 6.61 Å². The number of hydrogen-bond donors (Lipinski definition) is 0. The summed E-state index contributed by atoms with van der Waals surface area (Å²) in [6.45, 7) is 8.84. The van der Waals surface area contributed by atoms with Crippen LogP contribution in [-0.4, -0.2) is 12.6 Å². The molecule has 0 fully saturated rings. The SMILES string of the molecule is C/C=C/C=C/C(=O)OCCC(C)CCC=C(C)C. The van der Waals surface area contributed by atoms with Crippen molar-refractivity contribution in [1.29, 1.82) is 0 Å². The van der Waals surface area contributed by atoms with E-state index in [1.807, 2.05) is 19.1 Å². The first-order valence-electron chi connectivity index (χ1n) is 6.65. The van der Waals surface area contributed by atoms with Crippen LogP contribution < -0.4 is 0 Å². The minimum atomic E-state index is -0.260. The molecule has 1 atom stereocenters. The van der Waals surface area contributed by atoms with Crippen molar-refractivity contribution in [3.8, 4) is 0 Å². The number of ether oxygens (including phenoxy) is 1. The fraction of sp³-hybridized carbons (Fsp3) is 0.562. The van der Waals surface area contributed by atoms with Crippen LogP contribution in [0.25, 0.3) is 0 Å². The summed E-state index contributed by atoms with van der Waals surface area (Å²) in [5.41, 5.74) is 1.36. The molecule has 2 heteroatoms. The predicted octanol–water partition coefficient (Wildman–Crippen LogP) is 4.43. The molecule has 0 aliphatic heterocycles. The van der Waals surface area contributed by atoms with Crippen LogP contribution >= 0.6 is 0 Å². The number of hydrogen-bond acceptors (Lipinski definition) is 2. The minimum Gasteiger partial charge on any atom is -0.463 e. The molecule has 0 amide bonds. The highest BCUT2D eigenvalue weighted by molar-refractivity contribution is 5.82. The third-order valence-corrected chi connectivity index (χ3v) is 2.60. The van der Waals surface area contributed by atoms with E-state index in [2.05, 4.69) is 26.8 Å². The summed E-state index contributed by atoms with van der Waals surface area (Å²) >= 11 is 0. The molecule has 1 unspecified atom stereocenters. The Balaban J connectivity index is 3.64. The Labute approximate surface area is 111 Å². The molecular formula is C16H26O2. The van der Waals surface area contributed by atoms with Crippen LogP contribution in [0.4, 0.5) is 0 Å². The molecule has 2 nitrogen and oxygen atoms in total. The Bertz CT molecular complexity index is 307. The van der Waals surface area contributed by atoms with Gasteiger partial charge in [-0.15, -0.1) is 0 Å². The Morgan fingerprint density at radius 1 is 1.22 bits per heavy atom. The quantitative estimate of drug-likeness (QED) is 0.275. The first-order chi connectivity index (χ1) is 8.56. The molecule has 0 aliphatic carbocycles. The van der Waals surface area contributed by atoms with Gasteiger partial charge in [-0.05, 0) is 46.0 Å². The third kappa shape index (κ3) is 11.2. The molecule has 0 spiro atoms. The number of rotatable bonds is 8. The van der Waals surface area contributed by atoms with E-state index in [0.29, 0.717) is 12.5 Å². The standard InChI is InChI=1S/C16H26O2/c1-5-6-7-11-16(17)18-13-12-15(4)10-8-9-14(2)3/h5-7,9,11,15H,8,10,12-13H2,1-4H3/b6-5+,11-7+. The van der Waals surface area contributed by atoms with Crippen molar-refractivity contribution in [3.63, 3.8) is 0 Å². The van der Waals surface area contributed by atoms with E-state index in [9.17, 15) is 4.79 Å². The second kappa shape index (κ2) is 10.8. The van der Waals surface area contributed by atoms with Gasteiger partial charge in [-0.2, -0.15) is 0 Å². The molecule has 0 aliphatic rings. The Morgan fingerprint density at radius 3 is 2.56 bits per heavy atom. The van der Waals surface area contributed by atoms with Crippen molar-refractivity contribution >= 4 is 5.97 Å². The highest BCUT2D eigenvalue weighted by Gasteiger charge is 2.03. The van der Waals surface area contributed by atoms with Crippen LogP contribution in [0.15, 0.2) is 36.0 Å². The van der Waals surface area contributed by atoms with Gasteiger partial charge in [0.1, 0.15) is 0 Å². The summed E-state index contributed by atoms with van der Waals surface area (Å²) in [6.07, 6.45) is 12.3. The second-order valence-electron chi connectivity index (χ2n) is 4.81. The van der Waals surface area contributed by atoms with Crippen molar-refractivity contribution in [2.24, 2.45) is 5.92 Å². The van der Waals surface area contributed by atoms with E-state index in [-0.39, 0.29) is 5.97 Å². The van der Waals surface area contributed by atoms with Crippen LogP contribution in [0, 0.1) is 5.92 Å². The summed E-state index contributed by atoms with van der Waals surface area (Å²) in [4.78, 5) is 11.3. The number of esters is 1. The summed E-state index contributed by atoms with van der Waals surface area (Å²) < 4.78 is 5.11. The zero-order valence-electron chi connectivity index (χ0n) is 12.1. The zero-order chi connectivity index (χ0) is 13.8. The van der Waals surface area contributed by atoms with Crippen molar-refractivity contribution < 1.29 is 9.53 Å². The summed E-state index contributed by atoms with van der Waals surface area (Å²) in [6, 6.07) is 0. The molecule has 0 bridgehead atoms. The van der Waals surface area contributed by atoms with Crippen LogP contribution in [0.5, 0.6) is 0 Å². The predicted molar refractivity (Wildman–Crippen MR) is 77.4 cm³/mol.